The zero-order valence-corrected chi connectivity index (χ0v) is 15.3. The van der Waals surface area contributed by atoms with E-state index in [0.717, 1.165) is 43.0 Å². The highest BCUT2D eigenvalue weighted by atomic mass is 32.1. The molecule has 0 saturated heterocycles. The zero-order valence-electron chi connectivity index (χ0n) is 14.5. The van der Waals surface area contributed by atoms with Crippen molar-refractivity contribution < 1.29 is 23.6 Å². The summed E-state index contributed by atoms with van der Waals surface area (Å²) in [5.41, 5.74) is 0.446. The fraction of sp³-hybridized carbons (Fsp3) is 0.333. The molecule has 3 rings (SSSR count). The fourth-order valence-electron chi connectivity index (χ4n) is 2.92. The van der Waals surface area contributed by atoms with Crippen LogP contribution in [0, 0.1) is 21.8 Å². The standard InChI is InChI=1S/C18H17FN2O5S/c1-10-2-5-15-11(6-10)7-16(27-15)18(23)26-9-17(22)20-14-8-12(21(24)25)3-4-13(14)19/h3-4,7-8,10H,2,5-6,9H2,1H3,(H,20,22)/t10-/m0/s1. The first kappa shape index (κ1) is 19.0. The second-order valence-corrected chi connectivity index (χ2v) is 7.59. The summed E-state index contributed by atoms with van der Waals surface area (Å²) in [7, 11) is 0. The van der Waals surface area contributed by atoms with E-state index in [1.807, 2.05) is 0 Å². The number of nitro benzene ring substituents is 1. The maximum Gasteiger partial charge on any atom is 0.348 e. The van der Waals surface area contributed by atoms with Gasteiger partial charge in [-0.25, -0.2) is 9.18 Å². The summed E-state index contributed by atoms with van der Waals surface area (Å²) in [6.07, 6.45) is 2.94. The Morgan fingerprint density at radius 3 is 2.93 bits per heavy atom. The molecule has 1 amide bonds. The van der Waals surface area contributed by atoms with Crippen LogP contribution in [0.2, 0.25) is 0 Å². The number of amides is 1. The quantitative estimate of drug-likeness (QED) is 0.475. The van der Waals surface area contributed by atoms with Crippen molar-refractivity contribution >= 4 is 34.6 Å². The van der Waals surface area contributed by atoms with Gasteiger partial charge in [-0.05, 0) is 42.9 Å². The van der Waals surface area contributed by atoms with Crippen LogP contribution in [0.4, 0.5) is 15.8 Å². The van der Waals surface area contributed by atoms with Crippen molar-refractivity contribution in [3.05, 3.63) is 55.5 Å². The molecule has 1 aliphatic carbocycles. The maximum atomic E-state index is 13.7. The van der Waals surface area contributed by atoms with Crippen molar-refractivity contribution in [1.82, 2.24) is 0 Å². The number of fused-ring (bicyclic) bond motifs is 1. The molecular formula is C18H17FN2O5S. The van der Waals surface area contributed by atoms with Crippen molar-refractivity contribution in [2.75, 3.05) is 11.9 Å². The molecule has 0 bridgehead atoms. The summed E-state index contributed by atoms with van der Waals surface area (Å²) < 4.78 is 18.7. The Labute approximate surface area is 158 Å². The number of halogens is 1. The van der Waals surface area contributed by atoms with Gasteiger partial charge in [0, 0.05) is 17.0 Å². The highest BCUT2D eigenvalue weighted by molar-refractivity contribution is 7.14. The third kappa shape index (κ3) is 4.48. The number of carbonyl (C=O) groups is 2. The molecule has 0 unspecified atom stereocenters. The third-order valence-electron chi connectivity index (χ3n) is 4.30. The SMILES string of the molecule is C[C@H]1CCc2sc(C(=O)OCC(=O)Nc3cc([N+](=O)[O-])ccc3F)cc2C1. The molecule has 1 aromatic heterocycles. The number of carbonyl (C=O) groups excluding carboxylic acids is 2. The predicted octanol–water partition coefficient (Wildman–Crippen LogP) is 3.72. The molecule has 27 heavy (non-hydrogen) atoms. The number of benzene rings is 1. The van der Waals surface area contributed by atoms with Crippen molar-refractivity contribution in [3.63, 3.8) is 0 Å². The van der Waals surface area contributed by atoms with E-state index in [-0.39, 0.29) is 11.4 Å². The number of nitro groups is 1. The largest absolute Gasteiger partial charge is 0.451 e. The van der Waals surface area contributed by atoms with Gasteiger partial charge in [0.1, 0.15) is 10.7 Å². The van der Waals surface area contributed by atoms with Crippen molar-refractivity contribution in [3.8, 4) is 0 Å². The van der Waals surface area contributed by atoms with Gasteiger partial charge in [0.2, 0.25) is 0 Å². The molecular weight excluding hydrogens is 375 g/mol. The first-order chi connectivity index (χ1) is 12.8. The minimum atomic E-state index is -0.819. The lowest BCUT2D eigenvalue weighted by Gasteiger charge is -2.16. The van der Waals surface area contributed by atoms with E-state index >= 15 is 0 Å². The van der Waals surface area contributed by atoms with E-state index in [2.05, 4.69) is 12.2 Å². The normalized spacial score (nSPS) is 15.7. The Hall–Kier alpha value is -2.81. The molecule has 0 saturated carbocycles. The Kier molecular flexibility index (Phi) is 5.50. The van der Waals surface area contributed by atoms with Gasteiger partial charge in [-0.1, -0.05) is 6.92 Å². The summed E-state index contributed by atoms with van der Waals surface area (Å²) in [4.78, 5) is 35.7. The number of hydrogen-bond acceptors (Lipinski definition) is 6. The van der Waals surface area contributed by atoms with Crippen LogP contribution < -0.4 is 5.32 Å². The molecule has 1 aliphatic rings. The summed E-state index contributed by atoms with van der Waals surface area (Å²) in [5.74, 6) is -1.64. The van der Waals surface area contributed by atoms with Crippen LogP contribution in [-0.2, 0) is 22.4 Å². The lowest BCUT2D eigenvalue weighted by atomic mass is 9.90. The van der Waals surface area contributed by atoms with Crippen LogP contribution in [0.5, 0.6) is 0 Å². The van der Waals surface area contributed by atoms with E-state index in [1.54, 1.807) is 6.07 Å². The van der Waals surface area contributed by atoms with E-state index in [9.17, 15) is 24.1 Å². The van der Waals surface area contributed by atoms with E-state index in [0.29, 0.717) is 10.8 Å². The number of non-ortho nitro benzene ring substituents is 1. The zero-order chi connectivity index (χ0) is 19.6. The van der Waals surface area contributed by atoms with Gasteiger partial charge in [-0.3, -0.25) is 14.9 Å². The van der Waals surface area contributed by atoms with Gasteiger partial charge in [-0.15, -0.1) is 11.3 Å². The van der Waals surface area contributed by atoms with Crippen LogP contribution >= 0.6 is 11.3 Å². The number of rotatable bonds is 5. The lowest BCUT2D eigenvalue weighted by molar-refractivity contribution is -0.384. The number of hydrogen-bond donors (Lipinski definition) is 1. The summed E-state index contributed by atoms with van der Waals surface area (Å²) >= 11 is 1.37. The average molecular weight is 392 g/mol. The minimum absolute atomic E-state index is 0.342. The van der Waals surface area contributed by atoms with Gasteiger partial charge in [0.05, 0.1) is 10.6 Å². The molecule has 1 heterocycles. The molecule has 1 atom stereocenters. The van der Waals surface area contributed by atoms with E-state index < -0.39 is 29.2 Å². The lowest BCUT2D eigenvalue weighted by Crippen LogP contribution is -2.21. The monoisotopic (exact) mass is 392 g/mol. The highest BCUT2D eigenvalue weighted by Gasteiger charge is 2.22. The number of thiophene rings is 1. The molecule has 0 aliphatic heterocycles. The number of nitrogens with zero attached hydrogens (tertiary/aromatic N) is 1. The van der Waals surface area contributed by atoms with Crippen molar-refractivity contribution in [2.45, 2.75) is 26.2 Å². The van der Waals surface area contributed by atoms with Gasteiger partial charge in [-0.2, -0.15) is 0 Å². The average Bonchev–Trinajstić information content (AvgIpc) is 3.04. The first-order valence-electron chi connectivity index (χ1n) is 8.36. The molecule has 2 aromatic rings. The van der Waals surface area contributed by atoms with Crippen LogP contribution in [0.1, 0.15) is 33.5 Å². The molecule has 1 aromatic carbocycles. The second-order valence-electron chi connectivity index (χ2n) is 6.45. The molecule has 0 fully saturated rings. The van der Waals surface area contributed by atoms with Crippen LogP contribution in [0.25, 0.3) is 0 Å². The second kappa shape index (κ2) is 7.83. The molecule has 1 N–H and O–H groups in total. The Balaban J connectivity index is 1.59. The predicted molar refractivity (Wildman–Crippen MR) is 97.5 cm³/mol. The van der Waals surface area contributed by atoms with E-state index in [4.69, 9.17) is 4.74 Å². The first-order valence-corrected chi connectivity index (χ1v) is 9.17. The molecule has 7 nitrogen and oxygen atoms in total. The topological polar surface area (TPSA) is 98.5 Å². The molecule has 0 spiro atoms. The Bertz CT molecular complexity index is 911. The van der Waals surface area contributed by atoms with Gasteiger partial charge in [0.25, 0.3) is 11.6 Å². The number of anilines is 1. The van der Waals surface area contributed by atoms with E-state index in [1.165, 1.54) is 16.2 Å². The third-order valence-corrected chi connectivity index (χ3v) is 5.52. The van der Waals surface area contributed by atoms with Crippen LogP contribution in [0.3, 0.4) is 0 Å². The summed E-state index contributed by atoms with van der Waals surface area (Å²) in [6, 6.07) is 4.58. The van der Waals surface area contributed by atoms with Crippen LogP contribution in [0.15, 0.2) is 24.3 Å². The number of aryl methyl sites for hydroxylation is 1. The number of ether oxygens (including phenoxy) is 1. The maximum absolute atomic E-state index is 13.7. The smallest absolute Gasteiger partial charge is 0.348 e. The Morgan fingerprint density at radius 1 is 1.41 bits per heavy atom. The van der Waals surface area contributed by atoms with Gasteiger partial charge in [0.15, 0.2) is 6.61 Å². The molecule has 9 heteroatoms. The summed E-state index contributed by atoms with van der Waals surface area (Å²) in [6.45, 7) is 1.55. The van der Waals surface area contributed by atoms with Crippen LogP contribution in [-0.4, -0.2) is 23.4 Å². The van der Waals surface area contributed by atoms with Crippen molar-refractivity contribution in [1.29, 1.82) is 0 Å². The van der Waals surface area contributed by atoms with Gasteiger partial charge < -0.3 is 10.1 Å². The van der Waals surface area contributed by atoms with Crippen molar-refractivity contribution in [2.24, 2.45) is 5.92 Å². The van der Waals surface area contributed by atoms with Gasteiger partial charge >= 0.3 is 5.97 Å². The Morgan fingerprint density at radius 2 is 2.19 bits per heavy atom. The molecule has 142 valence electrons. The number of esters is 1. The highest BCUT2D eigenvalue weighted by Crippen LogP contribution is 2.32. The molecule has 0 radical (unpaired) electrons. The minimum Gasteiger partial charge on any atom is -0.451 e. The summed E-state index contributed by atoms with van der Waals surface area (Å²) in [5, 5.41) is 12.9. The number of nitrogens with one attached hydrogen (secondary N) is 1. The fourth-order valence-corrected chi connectivity index (χ4v) is 4.02.